The van der Waals surface area contributed by atoms with E-state index in [1.165, 1.54) is 18.4 Å². The van der Waals surface area contributed by atoms with E-state index in [2.05, 4.69) is 26.9 Å². The largest absolute Gasteiger partial charge is 0.329 e. The summed E-state index contributed by atoms with van der Waals surface area (Å²) in [6.45, 7) is 2.79. The third-order valence-electron chi connectivity index (χ3n) is 3.16. The van der Waals surface area contributed by atoms with Gasteiger partial charge in [0.2, 0.25) is 0 Å². The third kappa shape index (κ3) is 3.83. The summed E-state index contributed by atoms with van der Waals surface area (Å²) in [5, 5.41) is 0.831. The molecule has 1 fully saturated rings. The standard InChI is InChI=1S/C12H16BrClN2.ClH/c13-10-4-3-9(12(14)6-10)8-16-5-1-2-11(16)7-15;/h3-4,6,11H,1-2,5,7-8,15H2;1H. The van der Waals surface area contributed by atoms with Gasteiger partial charge in [0.05, 0.1) is 0 Å². The second-order valence-electron chi connectivity index (χ2n) is 4.24. The molecule has 17 heavy (non-hydrogen) atoms. The SMILES string of the molecule is Cl.NCC1CCCN1Cc1ccc(Br)cc1Cl. The second kappa shape index (κ2) is 6.95. The summed E-state index contributed by atoms with van der Waals surface area (Å²) in [6.07, 6.45) is 2.46. The minimum absolute atomic E-state index is 0. The van der Waals surface area contributed by atoms with Gasteiger partial charge in [-0.05, 0) is 37.1 Å². The van der Waals surface area contributed by atoms with Crippen molar-refractivity contribution in [1.82, 2.24) is 4.90 Å². The van der Waals surface area contributed by atoms with E-state index in [0.717, 1.165) is 29.1 Å². The van der Waals surface area contributed by atoms with E-state index >= 15 is 0 Å². The van der Waals surface area contributed by atoms with E-state index in [-0.39, 0.29) is 12.4 Å². The van der Waals surface area contributed by atoms with Gasteiger partial charge in [-0.2, -0.15) is 0 Å². The zero-order valence-corrected chi connectivity index (χ0v) is 12.7. The maximum Gasteiger partial charge on any atom is 0.0462 e. The van der Waals surface area contributed by atoms with Crippen molar-refractivity contribution < 1.29 is 0 Å². The Morgan fingerprint density at radius 2 is 2.24 bits per heavy atom. The Hall–Kier alpha value is 0.200. The zero-order chi connectivity index (χ0) is 11.5. The molecule has 1 atom stereocenters. The van der Waals surface area contributed by atoms with Crippen LogP contribution < -0.4 is 5.73 Å². The fourth-order valence-corrected chi connectivity index (χ4v) is 2.97. The van der Waals surface area contributed by atoms with Crippen molar-refractivity contribution in [3.8, 4) is 0 Å². The fraction of sp³-hybridized carbons (Fsp3) is 0.500. The van der Waals surface area contributed by atoms with Crippen molar-refractivity contribution in [3.05, 3.63) is 33.3 Å². The summed E-state index contributed by atoms with van der Waals surface area (Å²) in [7, 11) is 0. The normalized spacial score (nSPS) is 20.3. The average molecular weight is 340 g/mol. The minimum Gasteiger partial charge on any atom is -0.329 e. The summed E-state index contributed by atoms with van der Waals surface area (Å²) in [6, 6.07) is 6.59. The molecule has 0 spiro atoms. The lowest BCUT2D eigenvalue weighted by Gasteiger charge is -2.23. The van der Waals surface area contributed by atoms with Gasteiger partial charge in [-0.1, -0.05) is 33.6 Å². The van der Waals surface area contributed by atoms with Gasteiger partial charge in [-0.3, -0.25) is 4.90 Å². The van der Waals surface area contributed by atoms with Crippen LogP contribution in [0.5, 0.6) is 0 Å². The highest BCUT2D eigenvalue weighted by Crippen LogP contribution is 2.25. The van der Waals surface area contributed by atoms with E-state index in [1.54, 1.807) is 0 Å². The average Bonchev–Trinajstić information content (AvgIpc) is 2.69. The van der Waals surface area contributed by atoms with Crippen LogP contribution in [0.4, 0.5) is 0 Å². The van der Waals surface area contributed by atoms with Gasteiger partial charge in [-0.15, -0.1) is 12.4 Å². The van der Waals surface area contributed by atoms with Gasteiger partial charge in [0.15, 0.2) is 0 Å². The predicted molar refractivity (Wildman–Crippen MR) is 78.9 cm³/mol. The number of rotatable bonds is 3. The molecule has 2 rings (SSSR count). The zero-order valence-electron chi connectivity index (χ0n) is 9.53. The van der Waals surface area contributed by atoms with Gasteiger partial charge < -0.3 is 5.73 Å². The molecule has 1 aliphatic rings. The summed E-state index contributed by atoms with van der Waals surface area (Å²) < 4.78 is 1.03. The molecule has 0 saturated carbocycles. The number of hydrogen-bond acceptors (Lipinski definition) is 2. The first-order valence-corrected chi connectivity index (χ1v) is 6.76. The Labute approximate surface area is 122 Å². The van der Waals surface area contributed by atoms with Gasteiger partial charge >= 0.3 is 0 Å². The number of hydrogen-bond donors (Lipinski definition) is 1. The molecule has 1 unspecified atom stereocenters. The first kappa shape index (κ1) is 15.3. The van der Waals surface area contributed by atoms with Crippen LogP contribution in [0.15, 0.2) is 22.7 Å². The lowest BCUT2D eigenvalue weighted by atomic mass is 10.2. The molecule has 0 radical (unpaired) electrons. The molecule has 1 saturated heterocycles. The van der Waals surface area contributed by atoms with E-state index < -0.39 is 0 Å². The Morgan fingerprint density at radius 3 is 2.88 bits per heavy atom. The molecule has 0 bridgehead atoms. The molecular weight excluding hydrogens is 323 g/mol. The van der Waals surface area contributed by atoms with Crippen molar-refractivity contribution >= 4 is 39.9 Å². The number of halogens is 3. The molecular formula is C12H17BrCl2N2. The molecule has 0 amide bonds. The molecule has 1 aromatic rings. The number of benzene rings is 1. The summed E-state index contributed by atoms with van der Waals surface area (Å²) in [5.41, 5.74) is 6.94. The number of nitrogens with two attached hydrogens (primary N) is 1. The highest BCUT2D eigenvalue weighted by atomic mass is 79.9. The first-order chi connectivity index (χ1) is 7.70. The summed E-state index contributed by atoms with van der Waals surface area (Å²) in [4.78, 5) is 2.43. The smallest absolute Gasteiger partial charge is 0.0462 e. The molecule has 2 nitrogen and oxygen atoms in total. The molecule has 0 aliphatic carbocycles. The summed E-state index contributed by atoms with van der Waals surface area (Å²) in [5.74, 6) is 0. The van der Waals surface area contributed by atoms with E-state index in [4.69, 9.17) is 17.3 Å². The minimum atomic E-state index is 0. The van der Waals surface area contributed by atoms with E-state index in [1.807, 2.05) is 12.1 Å². The highest BCUT2D eigenvalue weighted by molar-refractivity contribution is 9.10. The monoisotopic (exact) mass is 338 g/mol. The summed E-state index contributed by atoms with van der Waals surface area (Å²) >= 11 is 9.63. The Balaban J connectivity index is 0.00000144. The molecule has 1 heterocycles. The van der Waals surface area contributed by atoms with Crippen LogP contribution in [0.3, 0.4) is 0 Å². The van der Waals surface area contributed by atoms with Crippen molar-refractivity contribution in [2.45, 2.75) is 25.4 Å². The van der Waals surface area contributed by atoms with Gasteiger partial charge in [0, 0.05) is 28.6 Å². The van der Waals surface area contributed by atoms with E-state index in [9.17, 15) is 0 Å². The van der Waals surface area contributed by atoms with Crippen molar-refractivity contribution in [2.24, 2.45) is 5.73 Å². The molecule has 0 aromatic heterocycles. The van der Waals surface area contributed by atoms with E-state index in [0.29, 0.717) is 6.04 Å². The Morgan fingerprint density at radius 1 is 1.47 bits per heavy atom. The second-order valence-corrected chi connectivity index (χ2v) is 5.56. The van der Waals surface area contributed by atoms with Gasteiger partial charge in [-0.25, -0.2) is 0 Å². The first-order valence-electron chi connectivity index (χ1n) is 5.58. The Kier molecular flexibility index (Phi) is 6.24. The van der Waals surface area contributed by atoms with Crippen LogP contribution in [0.2, 0.25) is 5.02 Å². The fourth-order valence-electron chi connectivity index (χ4n) is 2.24. The third-order valence-corrected chi connectivity index (χ3v) is 4.00. The number of nitrogens with zero attached hydrogens (tertiary/aromatic N) is 1. The lowest BCUT2D eigenvalue weighted by Crippen LogP contribution is -2.34. The van der Waals surface area contributed by atoms with Crippen molar-refractivity contribution in [2.75, 3.05) is 13.1 Å². The molecule has 1 aromatic carbocycles. The topological polar surface area (TPSA) is 29.3 Å². The van der Waals surface area contributed by atoms with Crippen molar-refractivity contribution in [1.29, 1.82) is 0 Å². The lowest BCUT2D eigenvalue weighted by molar-refractivity contribution is 0.250. The molecule has 96 valence electrons. The molecule has 1 aliphatic heterocycles. The predicted octanol–water partition coefficient (Wildman–Crippen LogP) is 3.45. The highest BCUT2D eigenvalue weighted by Gasteiger charge is 2.23. The van der Waals surface area contributed by atoms with Crippen LogP contribution in [0, 0.1) is 0 Å². The maximum atomic E-state index is 6.21. The van der Waals surface area contributed by atoms with Crippen molar-refractivity contribution in [3.63, 3.8) is 0 Å². The van der Waals surface area contributed by atoms with Crippen LogP contribution in [0.25, 0.3) is 0 Å². The van der Waals surface area contributed by atoms with Crippen LogP contribution in [-0.2, 0) is 6.54 Å². The Bertz CT molecular complexity index is 374. The van der Waals surface area contributed by atoms with Gasteiger partial charge in [0.25, 0.3) is 0 Å². The quantitative estimate of drug-likeness (QED) is 0.913. The molecule has 2 N–H and O–H groups in total. The van der Waals surface area contributed by atoms with Crippen LogP contribution in [-0.4, -0.2) is 24.0 Å². The maximum absolute atomic E-state index is 6.21. The molecule has 5 heteroatoms. The van der Waals surface area contributed by atoms with Crippen LogP contribution in [0.1, 0.15) is 18.4 Å². The number of likely N-dealkylation sites (tertiary alicyclic amines) is 1. The van der Waals surface area contributed by atoms with Gasteiger partial charge in [0.1, 0.15) is 0 Å². The van der Waals surface area contributed by atoms with Crippen LogP contribution >= 0.6 is 39.9 Å².